The Balaban J connectivity index is 2.28. The molecule has 1 heterocycles. The fourth-order valence-electron chi connectivity index (χ4n) is 1.21. The predicted octanol–water partition coefficient (Wildman–Crippen LogP) is -0.558. The van der Waals surface area contributed by atoms with Crippen molar-refractivity contribution >= 4 is 15.5 Å². The summed E-state index contributed by atoms with van der Waals surface area (Å²) in [5, 5.41) is 4.04. The second-order valence-corrected chi connectivity index (χ2v) is 6.23. The van der Waals surface area contributed by atoms with Crippen LogP contribution in [0.1, 0.15) is 0 Å². The Morgan fingerprint density at radius 3 is 2.69 bits per heavy atom. The number of likely N-dealkylation sites (N-methyl/N-ethyl adjacent to an activating group) is 1. The maximum absolute atomic E-state index is 11.0. The summed E-state index contributed by atoms with van der Waals surface area (Å²) in [4.78, 5) is 1.96. The summed E-state index contributed by atoms with van der Waals surface area (Å²) in [5.41, 5.74) is 6.16. The maximum Gasteiger partial charge on any atom is 0.148 e. The zero-order chi connectivity index (χ0) is 12.2. The summed E-state index contributed by atoms with van der Waals surface area (Å²) in [6.07, 6.45) is 4.59. The summed E-state index contributed by atoms with van der Waals surface area (Å²) >= 11 is 0. The fraction of sp³-hybridized carbons (Fsp3) is 0.667. The minimum Gasteiger partial charge on any atom is -0.396 e. The lowest BCUT2D eigenvalue weighted by molar-refractivity contribution is 0.328. The van der Waals surface area contributed by atoms with E-state index in [1.165, 1.54) is 6.26 Å². The number of hydrogen-bond acceptors (Lipinski definition) is 5. The van der Waals surface area contributed by atoms with Crippen molar-refractivity contribution in [2.45, 2.75) is 6.54 Å². The lowest BCUT2D eigenvalue weighted by Crippen LogP contribution is -2.28. The van der Waals surface area contributed by atoms with Crippen molar-refractivity contribution in [1.82, 2.24) is 14.7 Å². The van der Waals surface area contributed by atoms with Gasteiger partial charge < -0.3 is 10.6 Å². The van der Waals surface area contributed by atoms with Gasteiger partial charge in [0.1, 0.15) is 9.84 Å². The van der Waals surface area contributed by atoms with Gasteiger partial charge in [0.2, 0.25) is 0 Å². The molecule has 7 heteroatoms. The first-order chi connectivity index (χ1) is 7.37. The van der Waals surface area contributed by atoms with Crippen molar-refractivity contribution in [2.24, 2.45) is 0 Å². The highest BCUT2D eigenvalue weighted by Crippen LogP contribution is 1.98. The molecule has 2 N–H and O–H groups in total. The van der Waals surface area contributed by atoms with Gasteiger partial charge in [-0.1, -0.05) is 0 Å². The van der Waals surface area contributed by atoms with Crippen molar-refractivity contribution in [3.05, 3.63) is 12.4 Å². The quantitative estimate of drug-likeness (QED) is 0.728. The highest BCUT2D eigenvalue weighted by atomic mass is 32.2. The molecule has 0 atom stereocenters. The minimum atomic E-state index is -2.88. The van der Waals surface area contributed by atoms with Crippen molar-refractivity contribution in [1.29, 1.82) is 0 Å². The van der Waals surface area contributed by atoms with E-state index in [9.17, 15) is 8.42 Å². The third-order valence-corrected chi connectivity index (χ3v) is 3.13. The molecule has 0 saturated carbocycles. The van der Waals surface area contributed by atoms with Gasteiger partial charge in [-0.3, -0.25) is 4.68 Å². The van der Waals surface area contributed by atoms with Crippen molar-refractivity contribution < 1.29 is 8.42 Å². The molecule has 0 aromatic carbocycles. The molecule has 1 rings (SSSR count). The fourth-order valence-corrected chi connectivity index (χ4v) is 1.85. The Bertz CT molecular complexity index is 426. The Hall–Kier alpha value is -1.08. The highest BCUT2D eigenvalue weighted by molar-refractivity contribution is 7.90. The summed E-state index contributed by atoms with van der Waals surface area (Å²) in [7, 11) is -0.995. The average Bonchev–Trinajstić information content (AvgIpc) is 2.57. The van der Waals surface area contributed by atoms with E-state index in [4.69, 9.17) is 5.73 Å². The molecule has 0 aliphatic carbocycles. The number of nitrogens with two attached hydrogens (primary N) is 1. The van der Waals surface area contributed by atoms with Gasteiger partial charge in [0.15, 0.2) is 0 Å². The normalized spacial score (nSPS) is 12.2. The van der Waals surface area contributed by atoms with Gasteiger partial charge in [0, 0.05) is 25.5 Å². The average molecular weight is 246 g/mol. The molecule has 0 spiro atoms. The molecule has 1 aromatic heterocycles. The Morgan fingerprint density at radius 2 is 2.19 bits per heavy atom. The molecule has 0 aliphatic rings. The van der Waals surface area contributed by atoms with Crippen molar-refractivity contribution in [3.8, 4) is 0 Å². The molecule has 0 bridgehead atoms. The van der Waals surface area contributed by atoms with Crippen LogP contribution in [0, 0.1) is 0 Å². The molecule has 0 fully saturated rings. The molecule has 0 saturated heterocycles. The summed E-state index contributed by atoms with van der Waals surface area (Å²) in [6, 6.07) is 0. The number of nitrogen functional groups attached to an aromatic ring is 1. The minimum absolute atomic E-state index is 0.185. The number of sulfone groups is 1. The first kappa shape index (κ1) is 13.0. The molecule has 16 heavy (non-hydrogen) atoms. The standard InChI is InChI=1S/C9H18N4O2S/c1-12(5-6-16(2,14)15)3-4-13-8-9(10)7-11-13/h7-8H,3-6,10H2,1-2H3. The van der Waals surface area contributed by atoms with E-state index >= 15 is 0 Å². The maximum atomic E-state index is 11.0. The van der Waals surface area contributed by atoms with E-state index in [-0.39, 0.29) is 5.75 Å². The number of rotatable bonds is 6. The number of nitrogens with zero attached hydrogens (tertiary/aromatic N) is 3. The van der Waals surface area contributed by atoms with E-state index in [1.807, 2.05) is 11.9 Å². The second-order valence-electron chi connectivity index (χ2n) is 3.97. The monoisotopic (exact) mass is 246 g/mol. The molecule has 0 amide bonds. The largest absolute Gasteiger partial charge is 0.396 e. The summed E-state index contributed by atoms with van der Waals surface area (Å²) in [6.45, 7) is 1.99. The van der Waals surface area contributed by atoms with Gasteiger partial charge in [-0.25, -0.2) is 8.42 Å². The number of hydrogen-bond donors (Lipinski definition) is 1. The molecular weight excluding hydrogens is 228 g/mol. The first-order valence-corrected chi connectivity index (χ1v) is 7.07. The van der Waals surface area contributed by atoms with Crippen LogP contribution in [-0.4, -0.2) is 55.2 Å². The van der Waals surface area contributed by atoms with Crippen LogP contribution in [0.4, 0.5) is 5.69 Å². The van der Waals surface area contributed by atoms with Crippen LogP contribution in [-0.2, 0) is 16.4 Å². The van der Waals surface area contributed by atoms with Gasteiger partial charge in [-0.2, -0.15) is 5.10 Å². The smallest absolute Gasteiger partial charge is 0.148 e. The third kappa shape index (κ3) is 5.13. The highest BCUT2D eigenvalue weighted by Gasteiger charge is 2.05. The third-order valence-electron chi connectivity index (χ3n) is 2.21. The summed E-state index contributed by atoms with van der Waals surface area (Å²) < 4.78 is 23.6. The van der Waals surface area contributed by atoms with Crippen molar-refractivity contribution in [2.75, 3.05) is 37.9 Å². The molecule has 0 aliphatic heterocycles. The lowest BCUT2D eigenvalue weighted by Gasteiger charge is -2.15. The van der Waals surface area contributed by atoms with Crippen LogP contribution in [0.5, 0.6) is 0 Å². The van der Waals surface area contributed by atoms with Gasteiger partial charge in [0.25, 0.3) is 0 Å². The van der Waals surface area contributed by atoms with E-state index < -0.39 is 9.84 Å². The molecule has 6 nitrogen and oxygen atoms in total. The molecule has 1 aromatic rings. The lowest BCUT2D eigenvalue weighted by atomic mass is 10.5. The van der Waals surface area contributed by atoms with E-state index in [2.05, 4.69) is 5.10 Å². The zero-order valence-corrected chi connectivity index (χ0v) is 10.4. The van der Waals surface area contributed by atoms with Crippen LogP contribution in [0.15, 0.2) is 12.4 Å². The summed E-state index contributed by atoms with van der Waals surface area (Å²) in [5.74, 6) is 0.185. The topological polar surface area (TPSA) is 81.2 Å². The number of aromatic nitrogens is 2. The van der Waals surface area contributed by atoms with Crippen LogP contribution < -0.4 is 5.73 Å². The second kappa shape index (κ2) is 5.31. The van der Waals surface area contributed by atoms with Crippen LogP contribution in [0.2, 0.25) is 0 Å². The zero-order valence-electron chi connectivity index (χ0n) is 9.63. The van der Waals surface area contributed by atoms with Crippen molar-refractivity contribution in [3.63, 3.8) is 0 Å². The molecule has 92 valence electrons. The molecule has 0 unspecified atom stereocenters. The van der Waals surface area contributed by atoms with Gasteiger partial charge in [-0.15, -0.1) is 0 Å². The van der Waals surface area contributed by atoms with Gasteiger partial charge in [0.05, 0.1) is 24.2 Å². The van der Waals surface area contributed by atoms with Crippen LogP contribution >= 0.6 is 0 Å². The number of anilines is 1. The molecular formula is C9H18N4O2S. The van der Waals surface area contributed by atoms with E-state index in [0.29, 0.717) is 18.8 Å². The first-order valence-electron chi connectivity index (χ1n) is 5.01. The predicted molar refractivity (Wildman–Crippen MR) is 63.8 cm³/mol. The SMILES string of the molecule is CN(CCn1cc(N)cn1)CCS(C)(=O)=O. The van der Waals surface area contributed by atoms with Gasteiger partial charge in [-0.05, 0) is 7.05 Å². The van der Waals surface area contributed by atoms with E-state index in [0.717, 1.165) is 6.54 Å². The van der Waals surface area contributed by atoms with Crippen LogP contribution in [0.3, 0.4) is 0 Å². The molecule has 0 radical (unpaired) electrons. The van der Waals surface area contributed by atoms with Gasteiger partial charge >= 0.3 is 0 Å². The Morgan fingerprint density at radius 1 is 1.50 bits per heavy atom. The Labute approximate surface area is 96.0 Å². The van der Waals surface area contributed by atoms with E-state index in [1.54, 1.807) is 17.1 Å². The van der Waals surface area contributed by atoms with Crippen LogP contribution in [0.25, 0.3) is 0 Å². The Kier molecular flexibility index (Phi) is 4.31.